The third-order valence-electron chi connectivity index (χ3n) is 3.52. The highest BCUT2D eigenvalue weighted by molar-refractivity contribution is 9.10. The summed E-state index contributed by atoms with van der Waals surface area (Å²) in [5, 5.41) is 0. The van der Waals surface area contributed by atoms with Crippen LogP contribution >= 0.6 is 15.9 Å². The number of allylic oxidation sites excluding steroid dienone is 1. The predicted molar refractivity (Wildman–Crippen MR) is 110 cm³/mol. The van der Waals surface area contributed by atoms with Crippen LogP contribution in [0.4, 0.5) is 11.5 Å². The molecule has 0 fully saturated rings. The number of nitrogens with zero attached hydrogens (tertiary/aromatic N) is 3. The van der Waals surface area contributed by atoms with E-state index < -0.39 is 5.60 Å². The maximum Gasteiger partial charge on any atom is 0.274 e. The van der Waals surface area contributed by atoms with Gasteiger partial charge in [0.25, 0.3) is 5.56 Å². The molecule has 0 aromatic carbocycles. The van der Waals surface area contributed by atoms with Crippen LogP contribution in [0, 0.1) is 0 Å². The van der Waals surface area contributed by atoms with Gasteiger partial charge >= 0.3 is 0 Å². The van der Waals surface area contributed by atoms with Crippen LogP contribution in [0.1, 0.15) is 44.5 Å². The summed E-state index contributed by atoms with van der Waals surface area (Å²) in [6, 6.07) is 5.08. The van der Waals surface area contributed by atoms with Crippen molar-refractivity contribution >= 4 is 33.7 Å². The summed E-state index contributed by atoms with van der Waals surface area (Å²) in [5.41, 5.74) is 0.180. The fraction of sp³-hybridized carbons (Fsp3) is 0.350. The van der Waals surface area contributed by atoms with E-state index in [1.165, 1.54) is 10.8 Å². The standard InChI is InChI=1S/C20H24BrN3O3/c1-6-7-18(27-20(2,3)4)24(17-9-8-14(13-25)11-22-17)16-10-15(21)12-23(5)19(16)26/h7-13H,6H2,1-5H3. The van der Waals surface area contributed by atoms with Crippen molar-refractivity contribution < 1.29 is 9.53 Å². The first kappa shape index (κ1) is 20.9. The molecule has 0 atom stereocenters. The Hall–Kier alpha value is -2.41. The first-order chi connectivity index (χ1) is 12.7. The normalized spacial score (nSPS) is 12.0. The number of pyridine rings is 2. The monoisotopic (exact) mass is 433 g/mol. The molecule has 0 unspecified atom stereocenters. The van der Waals surface area contributed by atoms with Crippen LogP contribution in [0.3, 0.4) is 0 Å². The van der Waals surface area contributed by atoms with E-state index in [2.05, 4.69) is 20.9 Å². The molecule has 0 radical (unpaired) electrons. The van der Waals surface area contributed by atoms with Crippen molar-refractivity contribution in [2.24, 2.45) is 7.05 Å². The van der Waals surface area contributed by atoms with Crippen molar-refractivity contribution in [2.45, 2.75) is 39.7 Å². The zero-order chi connectivity index (χ0) is 20.2. The maximum atomic E-state index is 12.9. The van der Waals surface area contributed by atoms with E-state index >= 15 is 0 Å². The number of aryl methyl sites for hydroxylation is 1. The van der Waals surface area contributed by atoms with E-state index in [9.17, 15) is 9.59 Å². The molecule has 0 N–H and O–H groups in total. The van der Waals surface area contributed by atoms with E-state index in [1.807, 2.05) is 33.8 Å². The molecule has 144 valence electrons. The van der Waals surface area contributed by atoms with Crippen LogP contribution in [-0.2, 0) is 11.8 Å². The maximum absolute atomic E-state index is 12.9. The molecule has 0 amide bonds. The van der Waals surface area contributed by atoms with E-state index in [1.54, 1.807) is 36.3 Å². The topological polar surface area (TPSA) is 64.4 Å². The third-order valence-corrected chi connectivity index (χ3v) is 3.95. The molecule has 0 bridgehead atoms. The van der Waals surface area contributed by atoms with Crippen LogP contribution in [-0.4, -0.2) is 21.4 Å². The van der Waals surface area contributed by atoms with Crippen molar-refractivity contribution in [3.63, 3.8) is 0 Å². The Morgan fingerprint density at radius 1 is 1.37 bits per heavy atom. The molecule has 2 aromatic heterocycles. The number of rotatable bonds is 6. The van der Waals surface area contributed by atoms with E-state index in [0.29, 0.717) is 29.4 Å². The molecule has 6 nitrogen and oxygen atoms in total. The number of ether oxygens (including phenoxy) is 1. The molecule has 2 rings (SSSR count). The van der Waals surface area contributed by atoms with Gasteiger partial charge in [0.15, 0.2) is 12.2 Å². The third kappa shape index (κ3) is 5.29. The lowest BCUT2D eigenvalue weighted by molar-refractivity contribution is 0.0497. The summed E-state index contributed by atoms with van der Waals surface area (Å²) < 4.78 is 8.40. The fourth-order valence-corrected chi connectivity index (χ4v) is 2.96. The van der Waals surface area contributed by atoms with Crippen LogP contribution < -0.4 is 10.5 Å². The zero-order valence-corrected chi connectivity index (χ0v) is 17.8. The summed E-state index contributed by atoms with van der Waals surface area (Å²) in [7, 11) is 1.69. The Kier molecular flexibility index (Phi) is 6.59. The lowest BCUT2D eigenvalue weighted by Crippen LogP contribution is -2.32. The van der Waals surface area contributed by atoms with Gasteiger partial charge in [-0.15, -0.1) is 0 Å². The first-order valence-corrected chi connectivity index (χ1v) is 9.42. The smallest absolute Gasteiger partial charge is 0.274 e. The van der Waals surface area contributed by atoms with E-state index in [-0.39, 0.29) is 5.56 Å². The van der Waals surface area contributed by atoms with Crippen molar-refractivity contribution in [2.75, 3.05) is 4.90 Å². The summed E-state index contributed by atoms with van der Waals surface area (Å²) >= 11 is 3.45. The van der Waals surface area contributed by atoms with E-state index in [4.69, 9.17) is 4.74 Å². The molecule has 0 aliphatic heterocycles. The zero-order valence-electron chi connectivity index (χ0n) is 16.2. The average Bonchev–Trinajstić information content (AvgIpc) is 2.58. The van der Waals surface area contributed by atoms with Gasteiger partial charge in [-0.25, -0.2) is 4.98 Å². The van der Waals surface area contributed by atoms with Gasteiger partial charge in [-0.2, -0.15) is 0 Å². The number of halogens is 1. The number of aromatic nitrogens is 2. The fourth-order valence-electron chi connectivity index (χ4n) is 2.44. The first-order valence-electron chi connectivity index (χ1n) is 8.63. The molecule has 0 spiro atoms. The molecular weight excluding hydrogens is 410 g/mol. The van der Waals surface area contributed by atoms with Crippen molar-refractivity contribution in [3.05, 3.63) is 62.9 Å². The lowest BCUT2D eigenvalue weighted by atomic mass is 10.2. The van der Waals surface area contributed by atoms with Gasteiger partial charge in [0, 0.05) is 29.5 Å². The average molecular weight is 434 g/mol. The van der Waals surface area contributed by atoms with Crippen LogP contribution in [0.15, 0.2) is 51.8 Å². The van der Waals surface area contributed by atoms with E-state index in [0.717, 1.165) is 10.8 Å². The number of anilines is 2. The van der Waals surface area contributed by atoms with Crippen LogP contribution in [0.2, 0.25) is 0 Å². The Labute approximate surface area is 167 Å². The van der Waals surface area contributed by atoms with Gasteiger partial charge in [0.1, 0.15) is 17.1 Å². The molecule has 2 aromatic rings. The van der Waals surface area contributed by atoms with Crippen molar-refractivity contribution in [1.82, 2.24) is 9.55 Å². The minimum Gasteiger partial charge on any atom is -0.473 e. The second-order valence-corrected chi connectivity index (χ2v) is 7.94. The second kappa shape index (κ2) is 8.52. The van der Waals surface area contributed by atoms with Gasteiger partial charge in [0.05, 0.1) is 0 Å². The van der Waals surface area contributed by atoms with Gasteiger partial charge in [-0.05, 0) is 67.4 Å². The van der Waals surface area contributed by atoms with Crippen molar-refractivity contribution in [1.29, 1.82) is 0 Å². The molecule has 27 heavy (non-hydrogen) atoms. The minimum absolute atomic E-state index is 0.195. The molecule has 0 saturated heterocycles. The summed E-state index contributed by atoms with van der Waals surface area (Å²) in [4.78, 5) is 29.9. The SMILES string of the molecule is CCC=C(OC(C)(C)C)N(c1ccc(C=O)cn1)c1cc(Br)cn(C)c1=O. The highest BCUT2D eigenvalue weighted by atomic mass is 79.9. The van der Waals surface area contributed by atoms with Crippen molar-refractivity contribution in [3.8, 4) is 0 Å². The number of carbonyl (C=O) groups excluding carboxylic acids is 1. The number of aldehydes is 1. The summed E-state index contributed by atoms with van der Waals surface area (Å²) in [6.45, 7) is 7.82. The largest absolute Gasteiger partial charge is 0.473 e. The number of carbonyl (C=O) groups is 1. The summed E-state index contributed by atoms with van der Waals surface area (Å²) in [5.74, 6) is 0.992. The predicted octanol–water partition coefficient (Wildman–Crippen LogP) is 4.56. The Balaban J connectivity index is 2.72. The molecule has 0 aliphatic rings. The number of hydrogen-bond donors (Lipinski definition) is 0. The quantitative estimate of drug-likeness (QED) is 0.493. The molecule has 0 aliphatic carbocycles. The molecular formula is C20H24BrN3O3. The Bertz CT molecular complexity index is 896. The molecule has 7 heteroatoms. The van der Waals surface area contributed by atoms with Gasteiger partial charge in [-0.1, -0.05) is 6.92 Å². The molecule has 2 heterocycles. The molecule has 0 saturated carbocycles. The lowest BCUT2D eigenvalue weighted by Gasteiger charge is -2.31. The van der Waals surface area contributed by atoms with Gasteiger partial charge in [-0.3, -0.25) is 14.5 Å². The van der Waals surface area contributed by atoms with Gasteiger partial charge < -0.3 is 9.30 Å². The minimum atomic E-state index is -0.473. The van der Waals surface area contributed by atoms with Crippen LogP contribution in [0.25, 0.3) is 0 Å². The highest BCUT2D eigenvalue weighted by Gasteiger charge is 2.25. The second-order valence-electron chi connectivity index (χ2n) is 7.03. The van der Waals surface area contributed by atoms with Crippen LogP contribution in [0.5, 0.6) is 0 Å². The number of hydrogen-bond acceptors (Lipinski definition) is 5. The Morgan fingerprint density at radius 3 is 2.59 bits per heavy atom. The van der Waals surface area contributed by atoms with Gasteiger partial charge in [0.2, 0.25) is 0 Å². The Morgan fingerprint density at radius 2 is 2.07 bits per heavy atom. The summed E-state index contributed by atoms with van der Waals surface area (Å²) in [6.07, 6.45) is 6.51. The highest BCUT2D eigenvalue weighted by Crippen LogP contribution is 2.30.